The Kier molecular flexibility index (Phi) is 4.53. The molecule has 96 valence electrons. The number of anilines is 1. The highest BCUT2D eigenvalue weighted by Gasteiger charge is 2.07. The van der Waals surface area contributed by atoms with Gasteiger partial charge in [-0.15, -0.1) is 0 Å². The van der Waals surface area contributed by atoms with Crippen LogP contribution in [-0.2, 0) is 0 Å². The molecule has 0 saturated carbocycles. The van der Waals surface area contributed by atoms with Gasteiger partial charge in [0.1, 0.15) is 0 Å². The van der Waals surface area contributed by atoms with Crippen molar-refractivity contribution in [2.75, 3.05) is 5.32 Å². The smallest absolute Gasteiger partial charge is 0.168 e. The number of rotatable bonds is 5. The van der Waals surface area contributed by atoms with Gasteiger partial charge in [0.05, 0.1) is 6.42 Å². The molecule has 2 aromatic rings. The maximum atomic E-state index is 12.0. The topological polar surface area (TPSA) is 29.1 Å². The van der Waals surface area contributed by atoms with Crippen LogP contribution in [0.4, 0.5) is 5.69 Å². The maximum Gasteiger partial charge on any atom is 0.168 e. The second-order valence-electron chi connectivity index (χ2n) is 4.20. The van der Waals surface area contributed by atoms with Gasteiger partial charge in [0.15, 0.2) is 5.78 Å². The Bertz CT molecular complexity index is 575. The van der Waals surface area contributed by atoms with Crippen molar-refractivity contribution < 1.29 is 4.79 Å². The molecule has 1 N–H and O–H groups in total. The Morgan fingerprint density at radius 2 is 1.68 bits per heavy atom. The van der Waals surface area contributed by atoms with E-state index in [4.69, 9.17) is 0 Å². The zero-order chi connectivity index (χ0) is 13.7. The maximum absolute atomic E-state index is 12.0. The summed E-state index contributed by atoms with van der Waals surface area (Å²) in [5, 5.41) is 3.13. The van der Waals surface area contributed by atoms with Crippen molar-refractivity contribution in [1.29, 1.82) is 0 Å². The van der Waals surface area contributed by atoms with Crippen LogP contribution < -0.4 is 5.32 Å². The van der Waals surface area contributed by atoms with Gasteiger partial charge in [0.25, 0.3) is 0 Å². The predicted octanol–water partition coefficient (Wildman–Crippen LogP) is 4.65. The first-order valence-corrected chi connectivity index (χ1v) is 6.73. The van der Waals surface area contributed by atoms with Crippen LogP contribution >= 0.6 is 15.9 Å². The molecule has 0 aliphatic carbocycles. The minimum atomic E-state index is 0.0564. The minimum absolute atomic E-state index is 0.0564. The number of hydrogen-bond acceptors (Lipinski definition) is 2. The third kappa shape index (κ3) is 4.07. The fourth-order valence-corrected chi connectivity index (χ4v) is 1.97. The van der Waals surface area contributed by atoms with Gasteiger partial charge in [-0.2, -0.15) is 0 Å². The fourth-order valence-electron chi connectivity index (χ4n) is 1.70. The first kappa shape index (κ1) is 13.6. The van der Waals surface area contributed by atoms with E-state index < -0.39 is 0 Å². The van der Waals surface area contributed by atoms with Crippen LogP contribution in [0.15, 0.2) is 71.3 Å². The summed E-state index contributed by atoms with van der Waals surface area (Å²) in [7, 11) is 0. The number of benzene rings is 2. The Hall–Kier alpha value is -1.87. The molecule has 0 fully saturated rings. The van der Waals surface area contributed by atoms with Crippen molar-refractivity contribution in [2.45, 2.75) is 6.42 Å². The van der Waals surface area contributed by atoms with E-state index in [2.05, 4.69) is 27.8 Å². The van der Waals surface area contributed by atoms with Crippen molar-refractivity contribution in [2.24, 2.45) is 0 Å². The molecular weight excluding hydrogens is 302 g/mol. The van der Waals surface area contributed by atoms with E-state index in [1.807, 2.05) is 54.6 Å². The fraction of sp³-hybridized carbons (Fsp3) is 0.0625. The molecular formula is C16H14BrNO. The molecule has 0 atom stereocenters. The van der Waals surface area contributed by atoms with Crippen molar-refractivity contribution in [1.82, 2.24) is 0 Å². The second-order valence-corrected chi connectivity index (χ2v) is 5.12. The zero-order valence-electron chi connectivity index (χ0n) is 10.4. The number of carbonyl (C=O) groups is 1. The average molecular weight is 316 g/mol. The number of allylic oxidation sites excluding steroid dienone is 1. The number of Topliss-reactive ketones (excluding diaryl/α,β-unsaturated/α-hetero) is 1. The first-order chi connectivity index (χ1) is 9.15. The molecule has 0 heterocycles. The summed E-state index contributed by atoms with van der Waals surface area (Å²) >= 11 is 3.35. The lowest BCUT2D eigenvalue weighted by Gasteiger charge is -2.09. The molecule has 2 nitrogen and oxygen atoms in total. The van der Waals surface area contributed by atoms with Gasteiger partial charge in [-0.05, 0) is 24.3 Å². The number of hydrogen-bond donors (Lipinski definition) is 1. The van der Waals surface area contributed by atoms with Crippen molar-refractivity contribution in [3.05, 3.63) is 76.9 Å². The van der Waals surface area contributed by atoms with E-state index in [0.717, 1.165) is 10.2 Å². The molecule has 0 bridgehead atoms. The van der Waals surface area contributed by atoms with E-state index in [1.54, 1.807) is 0 Å². The SMILES string of the molecule is C=C(CC(=O)c1ccc(Br)cc1)Nc1ccccc1. The molecule has 0 spiro atoms. The third-order valence-electron chi connectivity index (χ3n) is 2.64. The Balaban J connectivity index is 1.95. The van der Waals surface area contributed by atoms with E-state index in [0.29, 0.717) is 11.3 Å². The summed E-state index contributed by atoms with van der Waals surface area (Å²) in [6, 6.07) is 17.0. The van der Waals surface area contributed by atoms with Crippen LogP contribution in [0.5, 0.6) is 0 Å². The van der Waals surface area contributed by atoms with E-state index in [-0.39, 0.29) is 12.2 Å². The average Bonchev–Trinajstić information content (AvgIpc) is 2.40. The molecule has 3 heteroatoms. The Morgan fingerprint density at radius 1 is 1.05 bits per heavy atom. The summed E-state index contributed by atoms with van der Waals surface area (Å²) in [6.07, 6.45) is 0.288. The molecule has 19 heavy (non-hydrogen) atoms. The zero-order valence-corrected chi connectivity index (χ0v) is 12.0. The molecule has 0 aromatic heterocycles. The predicted molar refractivity (Wildman–Crippen MR) is 82.3 cm³/mol. The van der Waals surface area contributed by atoms with Crippen LogP contribution in [0.25, 0.3) is 0 Å². The van der Waals surface area contributed by atoms with Gasteiger partial charge >= 0.3 is 0 Å². The van der Waals surface area contributed by atoms with Gasteiger partial charge in [0.2, 0.25) is 0 Å². The van der Waals surface area contributed by atoms with Crippen molar-refractivity contribution in [3.8, 4) is 0 Å². The van der Waals surface area contributed by atoms with Crippen LogP contribution in [-0.4, -0.2) is 5.78 Å². The molecule has 2 rings (SSSR count). The summed E-state index contributed by atoms with van der Waals surface area (Å²) in [5.74, 6) is 0.0564. The first-order valence-electron chi connectivity index (χ1n) is 5.94. The van der Waals surface area contributed by atoms with Crippen LogP contribution in [0.1, 0.15) is 16.8 Å². The van der Waals surface area contributed by atoms with Gasteiger partial charge < -0.3 is 5.32 Å². The summed E-state index contributed by atoms with van der Waals surface area (Å²) in [6.45, 7) is 3.89. The van der Waals surface area contributed by atoms with Crippen LogP contribution in [0, 0.1) is 0 Å². The summed E-state index contributed by atoms with van der Waals surface area (Å²) in [5.41, 5.74) is 2.33. The molecule has 0 radical (unpaired) electrons. The molecule has 0 aliphatic rings. The van der Waals surface area contributed by atoms with Crippen molar-refractivity contribution in [3.63, 3.8) is 0 Å². The Morgan fingerprint density at radius 3 is 2.32 bits per heavy atom. The number of nitrogens with one attached hydrogen (secondary N) is 1. The molecule has 2 aromatic carbocycles. The number of carbonyl (C=O) groups excluding carboxylic acids is 1. The van der Waals surface area contributed by atoms with E-state index in [1.165, 1.54) is 0 Å². The normalized spacial score (nSPS) is 9.95. The third-order valence-corrected chi connectivity index (χ3v) is 3.16. The van der Waals surface area contributed by atoms with E-state index in [9.17, 15) is 4.79 Å². The minimum Gasteiger partial charge on any atom is -0.359 e. The Labute approximate surface area is 121 Å². The molecule has 0 aliphatic heterocycles. The number of ketones is 1. The van der Waals surface area contributed by atoms with Gasteiger partial charge in [-0.25, -0.2) is 0 Å². The van der Waals surface area contributed by atoms with Gasteiger partial charge in [0, 0.05) is 21.4 Å². The quantitative estimate of drug-likeness (QED) is 0.814. The second kappa shape index (κ2) is 6.34. The highest BCUT2D eigenvalue weighted by atomic mass is 79.9. The van der Waals surface area contributed by atoms with Crippen molar-refractivity contribution >= 4 is 27.4 Å². The summed E-state index contributed by atoms with van der Waals surface area (Å²) in [4.78, 5) is 12.0. The largest absolute Gasteiger partial charge is 0.359 e. The lowest BCUT2D eigenvalue weighted by Crippen LogP contribution is -2.06. The lowest BCUT2D eigenvalue weighted by molar-refractivity contribution is 0.0993. The highest BCUT2D eigenvalue weighted by molar-refractivity contribution is 9.10. The van der Waals surface area contributed by atoms with Gasteiger partial charge in [-0.1, -0.05) is 52.8 Å². The molecule has 0 unspecified atom stereocenters. The molecule has 0 amide bonds. The van der Waals surface area contributed by atoms with E-state index >= 15 is 0 Å². The monoisotopic (exact) mass is 315 g/mol. The summed E-state index contributed by atoms with van der Waals surface area (Å²) < 4.78 is 0.963. The van der Waals surface area contributed by atoms with Crippen LogP contribution in [0.3, 0.4) is 0 Å². The number of para-hydroxylation sites is 1. The number of halogens is 1. The lowest BCUT2D eigenvalue weighted by atomic mass is 10.1. The highest BCUT2D eigenvalue weighted by Crippen LogP contribution is 2.15. The van der Waals surface area contributed by atoms with Gasteiger partial charge in [-0.3, -0.25) is 4.79 Å². The standard InChI is InChI=1S/C16H14BrNO/c1-12(18-15-5-3-2-4-6-15)11-16(19)13-7-9-14(17)10-8-13/h2-10,18H,1,11H2. The molecule has 0 saturated heterocycles. The van der Waals surface area contributed by atoms with Crippen LogP contribution in [0.2, 0.25) is 0 Å².